The predicted molar refractivity (Wildman–Crippen MR) is 84.0 cm³/mol. The van der Waals surface area contributed by atoms with E-state index in [4.69, 9.17) is 0 Å². The summed E-state index contributed by atoms with van der Waals surface area (Å²) in [7, 11) is 1.91. The maximum atomic E-state index is 11.5. The Kier molecular flexibility index (Phi) is 4.26. The van der Waals surface area contributed by atoms with Crippen LogP contribution in [-0.4, -0.2) is 23.1 Å². The number of anilines is 1. The minimum absolute atomic E-state index is 0.274. The molecular formula is C17H20N2O2. The van der Waals surface area contributed by atoms with Crippen LogP contribution in [-0.2, 0) is 6.54 Å². The summed E-state index contributed by atoms with van der Waals surface area (Å²) in [6, 6.07) is 10.0. The Morgan fingerprint density at radius 1 is 1.24 bits per heavy atom. The summed E-state index contributed by atoms with van der Waals surface area (Å²) < 4.78 is 0. The number of nitrogens with zero attached hydrogens (tertiary/aromatic N) is 2. The third kappa shape index (κ3) is 3.40. The molecule has 4 nitrogen and oxygen atoms in total. The summed E-state index contributed by atoms with van der Waals surface area (Å²) in [5.41, 5.74) is 4.70. The van der Waals surface area contributed by atoms with Crippen LogP contribution in [0.5, 0.6) is 0 Å². The van der Waals surface area contributed by atoms with Crippen molar-refractivity contribution in [1.29, 1.82) is 0 Å². The van der Waals surface area contributed by atoms with Gasteiger partial charge in [0.15, 0.2) is 0 Å². The molecule has 1 aromatic carbocycles. The van der Waals surface area contributed by atoms with E-state index in [-0.39, 0.29) is 5.56 Å². The molecule has 0 atom stereocenters. The molecule has 0 amide bonds. The summed E-state index contributed by atoms with van der Waals surface area (Å²) in [5.74, 6) is -0.939. The molecule has 0 spiro atoms. The lowest BCUT2D eigenvalue weighted by atomic mass is 10.1. The fourth-order valence-electron chi connectivity index (χ4n) is 2.54. The summed E-state index contributed by atoms with van der Waals surface area (Å²) in [5, 5.41) is 9.43. The van der Waals surface area contributed by atoms with Gasteiger partial charge in [0.05, 0.1) is 11.4 Å². The second kappa shape index (κ2) is 5.95. The second-order valence-electron chi connectivity index (χ2n) is 5.39. The Balaban J connectivity index is 2.39. The first-order valence-electron chi connectivity index (χ1n) is 6.86. The van der Waals surface area contributed by atoms with Gasteiger partial charge in [-0.25, -0.2) is 4.79 Å². The Hall–Kier alpha value is -2.36. The lowest BCUT2D eigenvalue weighted by molar-refractivity contribution is 0.0696. The van der Waals surface area contributed by atoms with Crippen molar-refractivity contribution in [2.75, 3.05) is 11.9 Å². The van der Waals surface area contributed by atoms with Crippen molar-refractivity contribution in [3.8, 4) is 0 Å². The molecule has 21 heavy (non-hydrogen) atoms. The molecule has 2 aromatic rings. The number of aryl methyl sites for hydroxylation is 3. The van der Waals surface area contributed by atoms with Gasteiger partial charge in [-0.05, 0) is 32.4 Å². The van der Waals surface area contributed by atoms with Crippen LogP contribution in [0.2, 0.25) is 0 Å². The van der Waals surface area contributed by atoms with Crippen molar-refractivity contribution in [1.82, 2.24) is 4.98 Å². The van der Waals surface area contributed by atoms with Crippen molar-refractivity contribution in [3.05, 3.63) is 58.4 Å². The number of hydrogen-bond donors (Lipinski definition) is 1. The van der Waals surface area contributed by atoms with Crippen LogP contribution in [0, 0.1) is 20.8 Å². The van der Waals surface area contributed by atoms with E-state index in [1.165, 1.54) is 5.56 Å². The third-order valence-corrected chi connectivity index (χ3v) is 3.43. The SMILES string of the molecule is Cc1cccc(CN(C)c2cc(C)nc(C)c2C(=O)O)c1. The van der Waals surface area contributed by atoms with Crippen molar-refractivity contribution >= 4 is 11.7 Å². The first-order valence-corrected chi connectivity index (χ1v) is 6.86. The molecule has 0 unspecified atom stereocenters. The van der Waals surface area contributed by atoms with Crippen LogP contribution in [0.15, 0.2) is 30.3 Å². The van der Waals surface area contributed by atoms with Crippen molar-refractivity contribution < 1.29 is 9.90 Å². The van der Waals surface area contributed by atoms with E-state index >= 15 is 0 Å². The van der Waals surface area contributed by atoms with Gasteiger partial charge in [-0.15, -0.1) is 0 Å². The van der Waals surface area contributed by atoms with Gasteiger partial charge in [0.1, 0.15) is 5.56 Å². The zero-order valence-corrected chi connectivity index (χ0v) is 12.8. The molecule has 0 bridgehead atoms. The number of pyridine rings is 1. The van der Waals surface area contributed by atoms with E-state index in [1.54, 1.807) is 6.92 Å². The van der Waals surface area contributed by atoms with Crippen molar-refractivity contribution in [3.63, 3.8) is 0 Å². The summed E-state index contributed by atoms with van der Waals surface area (Å²) >= 11 is 0. The number of carboxylic acid groups (broad SMARTS) is 1. The summed E-state index contributed by atoms with van der Waals surface area (Å²) in [4.78, 5) is 17.7. The molecule has 1 heterocycles. The molecule has 110 valence electrons. The van der Waals surface area contributed by atoms with Crippen molar-refractivity contribution in [2.24, 2.45) is 0 Å². The maximum Gasteiger partial charge on any atom is 0.339 e. The minimum Gasteiger partial charge on any atom is -0.478 e. The Morgan fingerprint density at radius 3 is 2.57 bits per heavy atom. The van der Waals surface area contributed by atoms with Crippen molar-refractivity contribution in [2.45, 2.75) is 27.3 Å². The zero-order valence-electron chi connectivity index (χ0n) is 12.8. The van der Waals surface area contributed by atoms with E-state index in [0.29, 0.717) is 17.9 Å². The van der Waals surface area contributed by atoms with Gasteiger partial charge in [-0.3, -0.25) is 4.98 Å². The number of benzene rings is 1. The molecule has 1 aromatic heterocycles. The van der Waals surface area contributed by atoms with Crippen LogP contribution in [0.25, 0.3) is 0 Å². The highest BCUT2D eigenvalue weighted by atomic mass is 16.4. The summed E-state index contributed by atoms with van der Waals surface area (Å²) in [6.07, 6.45) is 0. The van der Waals surface area contributed by atoms with E-state index < -0.39 is 5.97 Å². The molecule has 0 saturated heterocycles. The van der Waals surface area contributed by atoms with E-state index in [9.17, 15) is 9.90 Å². The summed E-state index contributed by atoms with van der Waals surface area (Å²) in [6.45, 7) is 6.32. The number of hydrogen-bond acceptors (Lipinski definition) is 3. The zero-order chi connectivity index (χ0) is 15.6. The van der Waals surface area contributed by atoms with Crippen LogP contribution >= 0.6 is 0 Å². The highest BCUT2D eigenvalue weighted by molar-refractivity contribution is 5.95. The van der Waals surface area contributed by atoms with E-state index in [0.717, 1.165) is 11.3 Å². The van der Waals surface area contributed by atoms with Gasteiger partial charge in [-0.1, -0.05) is 29.8 Å². The van der Waals surface area contributed by atoms with Crippen LogP contribution in [0.3, 0.4) is 0 Å². The monoisotopic (exact) mass is 284 g/mol. The average molecular weight is 284 g/mol. The smallest absolute Gasteiger partial charge is 0.339 e. The lowest BCUT2D eigenvalue weighted by Gasteiger charge is -2.23. The molecule has 0 aliphatic rings. The lowest BCUT2D eigenvalue weighted by Crippen LogP contribution is -2.21. The number of carbonyl (C=O) groups is 1. The van der Waals surface area contributed by atoms with Gasteiger partial charge in [0, 0.05) is 19.3 Å². The molecule has 0 aliphatic carbocycles. The molecule has 1 N–H and O–H groups in total. The van der Waals surface area contributed by atoms with Gasteiger partial charge >= 0.3 is 5.97 Å². The number of rotatable bonds is 4. The molecule has 2 rings (SSSR count). The molecule has 0 saturated carbocycles. The van der Waals surface area contributed by atoms with Crippen LogP contribution < -0.4 is 4.90 Å². The number of aromatic nitrogens is 1. The van der Waals surface area contributed by atoms with Gasteiger partial charge < -0.3 is 10.0 Å². The fraction of sp³-hybridized carbons (Fsp3) is 0.294. The molecule has 0 radical (unpaired) electrons. The van der Waals surface area contributed by atoms with Crippen LogP contribution in [0.4, 0.5) is 5.69 Å². The first kappa shape index (κ1) is 15.0. The largest absolute Gasteiger partial charge is 0.478 e. The van der Waals surface area contributed by atoms with Gasteiger partial charge in [-0.2, -0.15) is 0 Å². The predicted octanol–water partition coefficient (Wildman–Crippen LogP) is 3.34. The standard InChI is InChI=1S/C17H20N2O2/c1-11-6-5-7-14(8-11)10-19(4)15-9-12(2)18-13(3)16(15)17(20)21/h5-9H,10H2,1-4H3,(H,20,21). The maximum absolute atomic E-state index is 11.5. The quantitative estimate of drug-likeness (QED) is 0.935. The molecule has 4 heteroatoms. The highest BCUT2D eigenvalue weighted by Crippen LogP contribution is 2.24. The van der Waals surface area contributed by atoms with Gasteiger partial charge in [0.2, 0.25) is 0 Å². The van der Waals surface area contributed by atoms with Crippen LogP contribution in [0.1, 0.15) is 32.9 Å². The Morgan fingerprint density at radius 2 is 1.95 bits per heavy atom. The molecular weight excluding hydrogens is 264 g/mol. The second-order valence-corrected chi connectivity index (χ2v) is 5.39. The topological polar surface area (TPSA) is 53.4 Å². The normalized spacial score (nSPS) is 10.5. The fourth-order valence-corrected chi connectivity index (χ4v) is 2.54. The first-order chi connectivity index (χ1) is 9.88. The number of carboxylic acids is 1. The van der Waals surface area contributed by atoms with E-state index in [1.807, 2.05) is 50.1 Å². The van der Waals surface area contributed by atoms with Gasteiger partial charge in [0.25, 0.3) is 0 Å². The number of aromatic carboxylic acids is 1. The molecule has 0 fully saturated rings. The Labute approximate surface area is 125 Å². The highest BCUT2D eigenvalue weighted by Gasteiger charge is 2.18. The molecule has 0 aliphatic heterocycles. The third-order valence-electron chi connectivity index (χ3n) is 3.43. The van der Waals surface area contributed by atoms with E-state index in [2.05, 4.69) is 11.1 Å². The Bertz CT molecular complexity index is 680. The minimum atomic E-state index is -0.939. The average Bonchev–Trinajstić information content (AvgIpc) is 2.37.